The molecule has 0 N–H and O–H groups in total. The molecule has 0 amide bonds. The Morgan fingerprint density at radius 2 is 0.937 bits per heavy atom. The average molecular weight is 940 g/mol. The molecular formula is C49H56Cl2O10S2. The lowest BCUT2D eigenvalue weighted by Gasteiger charge is -2.18. The number of hydrogen-bond acceptors (Lipinski definition) is 10. The van der Waals surface area contributed by atoms with E-state index in [1.807, 2.05) is 41.5 Å². The number of carbonyl (C=O) groups excluding carboxylic acids is 2. The van der Waals surface area contributed by atoms with Gasteiger partial charge >= 0.3 is 11.9 Å². The van der Waals surface area contributed by atoms with E-state index in [9.17, 15) is 26.4 Å². The van der Waals surface area contributed by atoms with Crippen LogP contribution >= 0.6 is 23.2 Å². The normalized spacial score (nSPS) is 11.9. The van der Waals surface area contributed by atoms with Crippen LogP contribution in [-0.2, 0) is 38.7 Å². The highest BCUT2D eigenvalue weighted by Crippen LogP contribution is 2.27. The van der Waals surface area contributed by atoms with Gasteiger partial charge in [-0.15, -0.1) is 0 Å². The third-order valence-corrected chi connectivity index (χ3v) is 13.5. The van der Waals surface area contributed by atoms with E-state index in [1.165, 1.54) is 0 Å². The Balaban J connectivity index is 0.000000335. The number of ether oxygens (including phenoxy) is 4. The van der Waals surface area contributed by atoms with E-state index in [0.29, 0.717) is 69.5 Å². The van der Waals surface area contributed by atoms with Crippen molar-refractivity contribution in [2.24, 2.45) is 0 Å². The molecule has 0 heterocycles. The van der Waals surface area contributed by atoms with E-state index >= 15 is 0 Å². The van der Waals surface area contributed by atoms with Gasteiger partial charge in [-0.3, -0.25) is 0 Å². The van der Waals surface area contributed by atoms with Crippen molar-refractivity contribution < 1.29 is 45.4 Å². The minimum absolute atomic E-state index is 0.0848. The van der Waals surface area contributed by atoms with Gasteiger partial charge in [0, 0.05) is 21.2 Å². The minimum Gasteiger partial charge on any atom is -0.477 e. The lowest BCUT2D eigenvalue weighted by molar-refractivity contribution is -0.152. The van der Waals surface area contributed by atoms with Gasteiger partial charge in [0.25, 0.3) is 0 Å². The minimum atomic E-state index is -3.35. The van der Waals surface area contributed by atoms with Crippen molar-refractivity contribution in [2.45, 2.75) is 109 Å². The largest absolute Gasteiger partial charge is 0.477 e. The monoisotopic (exact) mass is 938 g/mol. The molecule has 4 aromatic carbocycles. The molecule has 2 unspecified atom stereocenters. The highest BCUT2D eigenvalue weighted by Gasteiger charge is 2.23. The summed E-state index contributed by atoms with van der Waals surface area (Å²) in [5.41, 5.74) is 3.91. The highest BCUT2D eigenvalue weighted by atomic mass is 35.5. The Kier molecular flexibility index (Phi) is 21.1. The molecule has 0 aromatic heterocycles. The second-order valence-electron chi connectivity index (χ2n) is 14.3. The Morgan fingerprint density at radius 3 is 1.32 bits per heavy atom. The topological polar surface area (TPSA) is 139 Å². The fourth-order valence-electron chi connectivity index (χ4n) is 5.87. The predicted octanol–water partition coefficient (Wildman–Crippen LogP) is 10.3. The van der Waals surface area contributed by atoms with Crippen molar-refractivity contribution in [1.82, 2.24) is 0 Å². The molecule has 14 heteroatoms. The number of sulfone groups is 2. The van der Waals surface area contributed by atoms with E-state index in [2.05, 4.69) is 23.7 Å². The second kappa shape index (κ2) is 25.3. The van der Waals surface area contributed by atoms with Gasteiger partial charge in [-0.05, 0) is 125 Å². The number of carbonyl (C=O) groups is 2. The van der Waals surface area contributed by atoms with E-state index in [0.717, 1.165) is 17.5 Å². The maximum absolute atomic E-state index is 12.4. The standard InChI is InChI=1S/C25H29ClO5S.C24H27ClO5S/c1-5-8-24(25(27)30-7-3)31-23-14-12-21(26)16-20(23)11-10-19-17-22(13-9-18(19)4)32(28,29)15-6-2;1-5-14-31(27,28)21-12-8-17(4)18(16-21)9-10-19-15-20(25)11-13-23(19)30-22(6-2)24(26)29-7-3/h9,12-14,16-17,24H,5-8,15H2,1-4H3;8,11-13,15-16,22H,5-7,14H2,1-4H3. The molecule has 0 saturated heterocycles. The van der Waals surface area contributed by atoms with Crippen LogP contribution in [0.5, 0.6) is 11.5 Å². The first-order chi connectivity index (χ1) is 29.9. The summed E-state index contributed by atoms with van der Waals surface area (Å²) in [6, 6.07) is 19.8. The zero-order chi connectivity index (χ0) is 46.7. The van der Waals surface area contributed by atoms with Crippen molar-refractivity contribution in [3.8, 4) is 35.2 Å². The average Bonchev–Trinajstić information content (AvgIpc) is 3.23. The van der Waals surface area contributed by atoms with Gasteiger partial charge in [0.05, 0.1) is 45.6 Å². The van der Waals surface area contributed by atoms with E-state index in [4.69, 9.17) is 42.1 Å². The summed E-state index contributed by atoms with van der Waals surface area (Å²) < 4.78 is 71.7. The first-order valence-corrected chi connectivity index (χ1v) is 25.0. The first kappa shape index (κ1) is 52.4. The Bertz CT molecular complexity index is 2570. The van der Waals surface area contributed by atoms with Gasteiger partial charge < -0.3 is 18.9 Å². The molecule has 0 saturated carbocycles. The molecule has 0 bridgehead atoms. The smallest absolute Gasteiger partial charge is 0.347 e. The van der Waals surface area contributed by atoms with Gasteiger partial charge in [0.15, 0.2) is 31.9 Å². The molecule has 0 aliphatic rings. The molecule has 4 aromatic rings. The molecule has 0 radical (unpaired) electrons. The van der Waals surface area contributed by atoms with Gasteiger partial charge in [-0.25, -0.2) is 26.4 Å². The van der Waals surface area contributed by atoms with Crippen molar-refractivity contribution in [1.29, 1.82) is 0 Å². The van der Waals surface area contributed by atoms with Crippen LogP contribution in [-0.4, -0.2) is 65.7 Å². The first-order valence-electron chi connectivity index (χ1n) is 20.9. The molecule has 0 spiro atoms. The second-order valence-corrected chi connectivity index (χ2v) is 19.4. The Hall–Kier alpha value is -4.98. The van der Waals surface area contributed by atoms with Crippen LogP contribution in [0.15, 0.2) is 82.6 Å². The number of halogens is 2. The molecule has 0 aliphatic carbocycles. The summed E-state index contributed by atoms with van der Waals surface area (Å²) in [5, 5.41) is 0.942. The van der Waals surface area contributed by atoms with Crippen molar-refractivity contribution in [2.75, 3.05) is 24.7 Å². The van der Waals surface area contributed by atoms with Gasteiger partial charge in [-0.1, -0.05) is 93.1 Å². The van der Waals surface area contributed by atoms with Gasteiger partial charge in [0.2, 0.25) is 0 Å². The number of benzene rings is 4. The molecule has 63 heavy (non-hydrogen) atoms. The lowest BCUT2D eigenvalue weighted by atomic mass is 10.1. The van der Waals surface area contributed by atoms with Crippen LogP contribution in [0.1, 0.15) is 107 Å². The van der Waals surface area contributed by atoms with E-state index in [-0.39, 0.29) is 34.5 Å². The van der Waals surface area contributed by atoms with Gasteiger partial charge in [0.1, 0.15) is 11.5 Å². The number of aryl methyl sites for hydroxylation is 2. The molecule has 0 aliphatic heterocycles. The molecular weight excluding hydrogens is 884 g/mol. The third kappa shape index (κ3) is 16.0. The van der Waals surface area contributed by atoms with Crippen LogP contribution in [0, 0.1) is 37.5 Å². The SMILES string of the molecule is CCCC(Oc1ccc(Cl)cc1C#Cc1cc(S(=O)(=O)CCC)ccc1C)C(=O)OCC.CCCS(=O)(=O)c1ccc(C)c(C#Cc2cc(Cl)ccc2OC(CC)C(=O)OCC)c1. The Labute approximate surface area is 383 Å². The molecule has 10 nitrogen and oxygen atoms in total. The summed E-state index contributed by atoms with van der Waals surface area (Å²) in [6.07, 6.45) is 1.27. The lowest BCUT2D eigenvalue weighted by Crippen LogP contribution is -2.29. The van der Waals surface area contributed by atoms with Crippen molar-refractivity contribution in [3.05, 3.63) is 116 Å². The van der Waals surface area contributed by atoms with Crippen LogP contribution in [0.3, 0.4) is 0 Å². The third-order valence-electron chi connectivity index (χ3n) is 9.19. The predicted molar refractivity (Wildman–Crippen MR) is 249 cm³/mol. The zero-order valence-electron chi connectivity index (χ0n) is 37.1. The summed E-state index contributed by atoms with van der Waals surface area (Å²) >= 11 is 12.3. The number of rotatable bonds is 17. The van der Waals surface area contributed by atoms with Crippen LogP contribution in [0.2, 0.25) is 10.0 Å². The molecule has 0 fully saturated rings. The summed E-state index contributed by atoms with van der Waals surface area (Å²) in [7, 11) is -6.70. The van der Waals surface area contributed by atoms with Crippen LogP contribution in [0.25, 0.3) is 0 Å². The highest BCUT2D eigenvalue weighted by molar-refractivity contribution is 7.91. The summed E-state index contributed by atoms with van der Waals surface area (Å²) in [5.74, 6) is 12.2. The van der Waals surface area contributed by atoms with Crippen molar-refractivity contribution in [3.63, 3.8) is 0 Å². The zero-order valence-corrected chi connectivity index (χ0v) is 40.2. The molecule has 338 valence electrons. The fraction of sp³-hybridized carbons (Fsp3) is 0.388. The van der Waals surface area contributed by atoms with Crippen LogP contribution < -0.4 is 9.47 Å². The van der Waals surface area contributed by atoms with Crippen LogP contribution in [0.4, 0.5) is 0 Å². The summed E-state index contributed by atoms with van der Waals surface area (Å²) in [4.78, 5) is 24.9. The number of hydrogen-bond donors (Lipinski definition) is 0. The van der Waals surface area contributed by atoms with E-state index in [1.54, 1.807) is 86.6 Å². The summed E-state index contributed by atoms with van der Waals surface area (Å²) in [6.45, 7) is 15.2. The Morgan fingerprint density at radius 1 is 0.540 bits per heavy atom. The van der Waals surface area contributed by atoms with E-state index < -0.39 is 43.8 Å². The van der Waals surface area contributed by atoms with Crippen molar-refractivity contribution >= 4 is 54.8 Å². The maximum Gasteiger partial charge on any atom is 0.347 e. The molecule has 4 rings (SSSR count). The molecule has 2 atom stereocenters. The van der Waals surface area contributed by atoms with Gasteiger partial charge in [-0.2, -0.15) is 0 Å². The fourth-order valence-corrected chi connectivity index (χ4v) is 8.90. The number of esters is 2. The quantitative estimate of drug-likeness (QED) is 0.0742. The maximum atomic E-state index is 12.4.